The zero-order valence-electron chi connectivity index (χ0n) is 12.6. The van der Waals surface area contributed by atoms with Crippen LogP contribution in [0.25, 0.3) is 0 Å². The molecule has 2 atom stereocenters. The molecule has 3 heteroatoms. The van der Waals surface area contributed by atoms with Crippen molar-refractivity contribution in [1.82, 2.24) is 4.90 Å². The van der Waals surface area contributed by atoms with E-state index in [1.807, 2.05) is 0 Å². The molecule has 0 radical (unpaired) electrons. The number of aryl methyl sites for hydroxylation is 1. The third-order valence-corrected chi connectivity index (χ3v) is 3.48. The van der Waals surface area contributed by atoms with E-state index in [0.717, 1.165) is 13.0 Å². The number of benzene rings is 1. The highest BCUT2D eigenvalue weighted by molar-refractivity contribution is 5.26. The van der Waals surface area contributed by atoms with Crippen molar-refractivity contribution in [3.05, 3.63) is 35.4 Å². The lowest BCUT2D eigenvalue weighted by Crippen LogP contribution is -2.43. The molecule has 3 N–H and O–H groups in total. The van der Waals surface area contributed by atoms with Crippen molar-refractivity contribution in [1.29, 1.82) is 0 Å². The van der Waals surface area contributed by atoms with Crippen molar-refractivity contribution in [2.45, 2.75) is 52.2 Å². The van der Waals surface area contributed by atoms with Gasteiger partial charge in [0.2, 0.25) is 0 Å². The SMILES string of the molecule is Cc1cccc(C(C(C)N)N(CCCO)C(C)C)c1. The first-order valence-electron chi connectivity index (χ1n) is 7.16. The number of hydrogen-bond acceptors (Lipinski definition) is 3. The molecule has 19 heavy (non-hydrogen) atoms. The molecule has 108 valence electrons. The Labute approximate surface area is 117 Å². The monoisotopic (exact) mass is 264 g/mol. The molecule has 3 nitrogen and oxygen atoms in total. The van der Waals surface area contributed by atoms with Gasteiger partial charge in [-0.15, -0.1) is 0 Å². The molecule has 0 saturated carbocycles. The highest BCUT2D eigenvalue weighted by Gasteiger charge is 2.25. The maximum atomic E-state index is 9.07. The molecule has 0 aliphatic carbocycles. The van der Waals surface area contributed by atoms with Crippen LogP contribution < -0.4 is 5.73 Å². The molecule has 0 aliphatic heterocycles. The van der Waals surface area contributed by atoms with E-state index in [1.54, 1.807) is 0 Å². The first kappa shape index (κ1) is 16.2. The van der Waals surface area contributed by atoms with Crippen LogP contribution in [0.1, 0.15) is 44.4 Å². The average molecular weight is 264 g/mol. The second kappa shape index (κ2) is 7.63. The Hall–Kier alpha value is -0.900. The largest absolute Gasteiger partial charge is 0.396 e. The molecule has 0 saturated heterocycles. The first-order chi connectivity index (χ1) is 8.97. The first-order valence-corrected chi connectivity index (χ1v) is 7.16. The van der Waals surface area contributed by atoms with Gasteiger partial charge < -0.3 is 10.8 Å². The number of hydrogen-bond donors (Lipinski definition) is 2. The van der Waals surface area contributed by atoms with Gasteiger partial charge in [0.25, 0.3) is 0 Å². The standard InChI is InChI=1S/C16H28N2O/c1-12(2)18(9-6-10-19)16(14(4)17)15-8-5-7-13(3)11-15/h5,7-8,11-12,14,16,19H,6,9-10,17H2,1-4H3. The lowest BCUT2D eigenvalue weighted by molar-refractivity contribution is 0.123. The number of aliphatic hydroxyl groups excluding tert-OH is 1. The third-order valence-electron chi connectivity index (χ3n) is 3.48. The Morgan fingerprint density at radius 1 is 1.26 bits per heavy atom. The van der Waals surface area contributed by atoms with E-state index in [9.17, 15) is 0 Å². The molecule has 0 heterocycles. The van der Waals surface area contributed by atoms with Crippen LogP contribution in [0.4, 0.5) is 0 Å². The van der Waals surface area contributed by atoms with Gasteiger partial charge in [0.15, 0.2) is 0 Å². The third kappa shape index (κ3) is 4.60. The van der Waals surface area contributed by atoms with Crippen LogP contribution in [0.15, 0.2) is 24.3 Å². The van der Waals surface area contributed by atoms with Crippen LogP contribution in [-0.4, -0.2) is 35.2 Å². The average Bonchev–Trinajstić information content (AvgIpc) is 2.33. The molecular weight excluding hydrogens is 236 g/mol. The number of nitrogens with two attached hydrogens (primary N) is 1. The van der Waals surface area contributed by atoms with Crippen molar-refractivity contribution >= 4 is 0 Å². The molecule has 1 aromatic carbocycles. The van der Waals surface area contributed by atoms with Gasteiger partial charge in [0, 0.05) is 31.3 Å². The minimum atomic E-state index is 0.0582. The highest BCUT2D eigenvalue weighted by Crippen LogP contribution is 2.26. The predicted octanol–water partition coefficient (Wildman–Crippen LogP) is 2.48. The summed E-state index contributed by atoms with van der Waals surface area (Å²) >= 11 is 0. The quantitative estimate of drug-likeness (QED) is 0.795. The molecule has 1 rings (SSSR count). The van der Waals surface area contributed by atoms with Gasteiger partial charge in [-0.2, -0.15) is 0 Å². The van der Waals surface area contributed by atoms with Gasteiger partial charge in [-0.25, -0.2) is 0 Å². The molecule has 0 spiro atoms. The maximum absolute atomic E-state index is 9.07. The van der Waals surface area contributed by atoms with Crippen LogP contribution in [0.3, 0.4) is 0 Å². The molecule has 0 aromatic heterocycles. The zero-order chi connectivity index (χ0) is 14.4. The number of nitrogens with zero attached hydrogens (tertiary/aromatic N) is 1. The van der Waals surface area contributed by atoms with E-state index in [0.29, 0.717) is 6.04 Å². The van der Waals surface area contributed by atoms with Gasteiger partial charge >= 0.3 is 0 Å². The van der Waals surface area contributed by atoms with E-state index in [-0.39, 0.29) is 18.7 Å². The second-order valence-electron chi connectivity index (χ2n) is 5.63. The topological polar surface area (TPSA) is 49.5 Å². The number of aliphatic hydroxyl groups is 1. The van der Waals surface area contributed by atoms with Crippen LogP contribution in [0.5, 0.6) is 0 Å². The zero-order valence-corrected chi connectivity index (χ0v) is 12.6. The van der Waals surface area contributed by atoms with E-state index in [1.165, 1.54) is 11.1 Å². The van der Waals surface area contributed by atoms with Gasteiger partial charge in [-0.05, 0) is 39.7 Å². The van der Waals surface area contributed by atoms with Crippen LogP contribution in [-0.2, 0) is 0 Å². The van der Waals surface area contributed by atoms with Crippen LogP contribution >= 0.6 is 0 Å². The summed E-state index contributed by atoms with van der Waals surface area (Å²) in [5, 5.41) is 9.07. The Bertz CT molecular complexity index is 377. The Morgan fingerprint density at radius 2 is 1.95 bits per heavy atom. The van der Waals surface area contributed by atoms with E-state index in [2.05, 4.69) is 56.9 Å². The molecule has 0 amide bonds. The Balaban J connectivity index is 3.03. The second-order valence-corrected chi connectivity index (χ2v) is 5.63. The molecule has 0 bridgehead atoms. The summed E-state index contributed by atoms with van der Waals surface area (Å²) in [5.41, 5.74) is 8.75. The minimum Gasteiger partial charge on any atom is -0.396 e. The van der Waals surface area contributed by atoms with E-state index >= 15 is 0 Å². The maximum Gasteiger partial charge on any atom is 0.0499 e. The molecular formula is C16H28N2O. The van der Waals surface area contributed by atoms with Crippen molar-refractivity contribution in [3.8, 4) is 0 Å². The van der Waals surface area contributed by atoms with E-state index in [4.69, 9.17) is 10.8 Å². The Morgan fingerprint density at radius 3 is 2.42 bits per heavy atom. The fourth-order valence-electron chi connectivity index (χ4n) is 2.62. The lowest BCUT2D eigenvalue weighted by atomic mass is 9.96. The van der Waals surface area contributed by atoms with Gasteiger partial charge in [0.1, 0.15) is 0 Å². The molecule has 1 aromatic rings. The van der Waals surface area contributed by atoms with Crippen molar-refractivity contribution in [2.75, 3.05) is 13.2 Å². The minimum absolute atomic E-state index is 0.0582. The summed E-state index contributed by atoms with van der Waals surface area (Å²) < 4.78 is 0. The Kier molecular flexibility index (Phi) is 6.49. The normalized spacial score (nSPS) is 14.9. The molecule has 0 fully saturated rings. The smallest absolute Gasteiger partial charge is 0.0499 e. The summed E-state index contributed by atoms with van der Waals surface area (Å²) in [7, 11) is 0. The summed E-state index contributed by atoms with van der Waals surface area (Å²) in [6.45, 7) is 9.62. The van der Waals surface area contributed by atoms with Crippen LogP contribution in [0.2, 0.25) is 0 Å². The molecule has 0 aliphatic rings. The summed E-state index contributed by atoms with van der Waals surface area (Å²) in [6.07, 6.45) is 0.785. The van der Waals surface area contributed by atoms with Crippen LogP contribution in [0, 0.1) is 6.92 Å². The fraction of sp³-hybridized carbons (Fsp3) is 0.625. The fourth-order valence-corrected chi connectivity index (χ4v) is 2.62. The molecule has 2 unspecified atom stereocenters. The van der Waals surface area contributed by atoms with Crippen molar-refractivity contribution < 1.29 is 5.11 Å². The highest BCUT2D eigenvalue weighted by atomic mass is 16.3. The lowest BCUT2D eigenvalue weighted by Gasteiger charge is -2.37. The summed E-state index contributed by atoms with van der Waals surface area (Å²) in [6, 6.07) is 9.22. The predicted molar refractivity (Wildman–Crippen MR) is 81.1 cm³/mol. The van der Waals surface area contributed by atoms with Crippen molar-refractivity contribution in [2.24, 2.45) is 5.73 Å². The summed E-state index contributed by atoms with van der Waals surface area (Å²) in [5.74, 6) is 0. The summed E-state index contributed by atoms with van der Waals surface area (Å²) in [4.78, 5) is 2.38. The number of rotatable bonds is 7. The van der Waals surface area contributed by atoms with Gasteiger partial charge in [-0.3, -0.25) is 4.90 Å². The van der Waals surface area contributed by atoms with Crippen molar-refractivity contribution in [3.63, 3.8) is 0 Å². The van der Waals surface area contributed by atoms with Gasteiger partial charge in [-0.1, -0.05) is 29.8 Å². The van der Waals surface area contributed by atoms with Gasteiger partial charge in [0.05, 0.1) is 0 Å². The van der Waals surface area contributed by atoms with E-state index < -0.39 is 0 Å².